The maximum absolute atomic E-state index is 10.6. The zero-order valence-corrected chi connectivity index (χ0v) is 6.94. The summed E-state index contributed by atoms with van der Waals surface area (Å²) in [6.45, 7) is 2.57. The molecule has 1 heterocycles. The van der Waals surface area contributed by atoms with E-state index < -0.39 is 0 Å². The second-order valence-electron chi connectivity index (χ2n) is 3.83. The van der Waals surface area contributed by atoms with Crippen LogP contribution in [0.2, 0.25) is 0 Å². The normalized spacial score (nSPS) is 39.6. The molecule has 0 aromatic heterocycles. The highest BCUT2D eigenvalue weighted by atomic mass is 16.3. The number of carbonyl (C=O) groups is 1. The summed E-state index contributed by atoms with van der Waals surface area (Å²) >= 11 is 0. The van der Waals surface area contributed by atoms with E-state index in [-0.39, 0.29) is 5.91 Å². The topological polar surface area (TPSA) is 66.6 Å². The lowest BCUT2D eigenvalue weighted by Crippen LogP contribution is -2.34. The average Bonchev–Trinajstić information content (AvgIpc) is 2.45. The van der Waals surface area contributed by atoms with Crippen molar-refractivity contribution in [3.8, 4) is 0 Å². The van der Waals surface area contributed by atoms with Gasteiger partial charge in [0.2, 0.25) is 5.91 Å². The van der Waals surface area contributed by atoms with Crippen LogP contribution in [0.3, 0.4) is 0 Å². The smallest absolute Gasteiger partial charge is 0.231 e. The Balaban J connectivity index is 1.78. The molecule has 1 aliphatic heterocycles. The molecule has 2 rings (SSSR count). The van der Waals surface area contributed by atoms with Gasteiger partial charge in [-0.25, -0.2) is 0 Å². The number of aliphatic hydroxyl groups is 1. The molecule has 1 amide bonds. The van der Waals surface area contributed by atoms with Gasteiger partial charge in [-0.15, -0.1) is 0 Å². The van der Waals surface area contributed by atoms with Crippen molar-refractivity contribution < 1.29 is 9.90 Å². The van der Waals surface area contributed by atoms with Gasteiger partial charge in [0.05, 0.1) is 6.54 Å². The molecule has 68 valence electrons. The molecule has 1 aliphatic carbocycles. The minimum Gasteiger partial charge on any atom is -0.396 e. The van der Waals surface area contributed by atoms with E-state index in [1.807, 2.05) is 0 Å². The van der Waals surface area contributed by atoms with E-state index in [4.69, 9.17) is 10.8 Å². The quantitative estimate of drug-likeness (QED) is 0.550. The van der Waals surface area contributed by atoms with Crippen molar-refractivity contribution in [2.24, 2.45) is 23.5 Å². The van der Waals surface area contributed by atoms with Crippen LogP contribution in [-0.4, -0.2) is 42.2 Å². The van der Waals surface area contributed by atoms with Gasteiger partial charge in [0.15, 0.2) is 0 Å². The fourth-order valence-corrected chi connectivity index (χ4v) is 2.36. The summed E-state index contributed by atoms with van der Waals surface area (Å²) in [4.78, 5) is 12.6. The van der Waals surface area contributed by atoms with Crippen LogP contribution in [0.4, 0.5) is 0 Å². The lowest BCUT2D eigenvalue weighted by atomic mass is 10.3. The number of fused-ring (bicyclic) bond motifs is 1. The van der Waals surface area contributed by atoms with Crippen LogP contribution in [0, 0.1) is 17.8 Å². The SMILES string of the molecule is NC(=O)CN1C[C@@H]2C(CO)[C@@H]2C1. The van der Waals surface area contributed by atoms with E-state index in [9.17, 15) is 4.79 Å². The van der Waals surface area contributed by atoms with Crippen molar-refractivity contribution in [3.05, 3.63) is 0 Å². The minimum atomic E-state index is -0.253. The number of hydrogen-bond donors (Lipinski definition) is 2. The van der Waals surface area contributed by atoms with Crippen LogP contribution in [0.25, 0.3) is 0 Å². The van der Waals surface area contributed by atoms with Crippen molar-refractivity contribution in [1.82, 2.24) is 4.90 Å². The second-order valence-corrected chi connectivity index (χ2v) is 3.83. The molecule has 1 unspecified atom stereocenters. The van der Waals surface area contributed by atoms with E-state index in [1.165, 1.54) is 0 Å². The third-order valence-electron chi connectivity index (χ3n) is 3.04. The number of amides is 1. The molecular formula is C8H14N2O2. The van der Waals surface area contributed by atoms with Gasteiger partial charge in [0, 0.05) is 19.7 Å². The Morgan fingerprint density at radius 3 is 2.50 bits per heavy atom. The fraction of sp³-hybridized carbons (Fsp3) is 0.875. The zero-order chi connectivity index (χ0) is 8.72. The number of piperidine rings is 1. The van der Waals surface area contributed by atoms with E-state index in [2.05, 4.69) is 4.90 Å². The first kappa shape index (κ1) is 8.01. The van der Waals surface area contributed by atoms with Crippen LogP contribution in [0.5, 0.6) is 0 Å². The lowest BCUT2D eigenvalue weighted by Gasteiger charge is -2.16. The Hall–Kier alpha value is -0.610. The third-order valence-corrected chi connectivity index (χ3v) is 3.04. The highest BCUT2D eigenvalue weighted by Gasteiger charge is 2.54. The Morgan fingerprint density at radius 2 is 2.08 bits per heavy atom. The Morgan fingerprint density at radius 1 is 1.50 bits per heavy atom. The molecule has 1 saturated heterocycles. The van der Waals surface area contributed by atoms with Crippen LogP contribution in [-0.2, 0) is 4.79 Å². The monoisotopic (exact) mass is 170 g/mol. The van der Waals surface area contributed by atoms with Crippen LogP contribution >= 0.6 is 0 Å². The second kappa shape index (κ2) is 2.71. The molecule has 0 spiro atoms. The molecule has 1 saturated carbocycles. The van der Waals surface area contributed by atoms with Crippen molar-refractivity contribution in [3.63, 3.8) is 0 Å². The van der Waals surface area contributed by atoms with Crippen molar-refractivity contribution in [2.75, 3.05) is 26.2 Å². The molecule has 0 aromatic rings. The molecule has 3 atom stereocenters. The lowest BCUT2D eigenvalue weighted by molar-refractivity contribution is -0.119. The molecule has 12 heavy (non-hydrogen) atoms. The number of rotatable bonds is 3. The van der Waals surface area contributed by atoms with Gasteiger partial charge in [-0.05, 0) is 17.8 Å². The van der Waals surface area contributed by atoms with Crippen molar-refractivity contribution >= 4 is 5.91 Å². The number of carbonyl (C=O) groups excluding carboxylic acids is 1. The van der Waals surface area contributed by atoms with E-state index in [0.29, 0.717) is 30.9 Å². The first-order chi connectivity index (χ1) is 5.72. The maximum atomic E-state index is 10.6. The Kier molecular flexibility index (Phi) is 1.81. The summed E-state index contributed by atoms with van der Waals surface area (Å²) in [5, 5.41) is 8.87. The van der Waals surface area contributed by atoms with Crippen LogP contribution < -0.4 is 5.73 Å². The average molecular weight is 170 g/mol. The summed E-state index contributed by atoms with van der Waals surface area (Å²) in [6, 6.07) is 0. The van der Waals surface area contributed by atoms with Gasteiger partial charge in [0.1, 0.15) is 0 Å². The van der Waals surface area contributed by atoms with Crippen LogP contribution in [0.1, 0.15) is 0 Å². The molecule has 2 fully saturated rings. The molecular weight excluding hydrogens is 156 g/mol. The molecule has 4 nitrogen and oxygen atoms in total. The molecule has 4 heteroatoms. The summed E-state index contributed by atoms with van der Waals surface area (Å²) in [7, 11) is 0. The number of nitrogens with two attached hydrogens (primary N) is 1. The maximum Gasteiger partial charge on any atom is 0.231 e. The number of nitrogens with zero attached hydrogens (tertiary/aromatic N) is 1. The number of likely N-dealkylation sites (tertiary alicyclic amines) is 1. The summed E-state index contributed by atoms with van der Waals surface area (Å²) < 4.78 is 0. The fourth-order valence-electron chi connectivity index (χ4n) is 2.36. The predicted octanol–water partition coefficient (Wildman–Crippen LogP) is -1.36. The number of primary amides is 1. The molecule has 0 radical (unpaired) electrons. The molecule has 2 aliphatic rings. The molecule has 3 N–H and O–H groups in total. The van der Waals surface area contributed by atoms with Gasteiger partial charge >= 0.3 is 0 Å². The zero-order valence-electron chi connectivity index (χ0n) is 6.94. The van der Waals surface area contributed by atoms with Gasteiger partial charge in [0.25, 0.3) is 0 Å². The Labute approximate surface area is 71.3 Å². The largest absolute Gasteiger partial charge is 0.396 e. The first-order valence-electron chi connectivity index (χ1n) is 4.34. The Bertz CT molecular complexity index is 195. The minimum absolute atomic E-state index is 0.253. The number of hydrogen-bond acceptors (Lipinski definition) is 3. The van der Waals surface area contributed by atoms with Gasteiger partial charge in [-0.3, -0.25) is 9.69 Å². The van der Waals surface area contributed by atoms with Crippen molar-refractivity contribution in [1.29, 1.82) is 0 Å². The standard InChI is InChI=1S/C8H14N2O2/c9-8(12)3-10-1-5-6(2-10)7(5)4-11/h5-7,11H,1-4H2,(H2,9,12)/t5-,6+,7?. The van der Waals surface area contributed by atoms with Gasteiger partial charge in [-0.1, -0.05) is 0 Å². The highest BCUT2D eigenvalue weighted by molar-refractivity contribution is 5.76. The summed E-state index contributed by atoms with van der Waals surface area (Å²) in [5.74, 6) is 1.52. The van der Waals surface area contributed by atoms with E-state index in [1.54, 1.807) is 0 Å². The van der Waals surface area contributed by atoms with E-state index >= 15 is 0 Å². The summed E-state index contributed by atoms with van der Waals surface area (Å²) in [6.07, 6.45) is 0. The van der Waals surface area contributed by atoms with Crippen LogP contribution in [0.15, 0.2) is 0 Å². The van der Waals surface area contributed by atoms with Gasteiger partial charge < -0.3 is 10.8 Å². The third kappa shape index (κ3) is 1.21. The first-order valence-corrected chi connectivity index (χ1v) is 4.34. The molecule has 0 aromatic carbocycles. The summed E-state index contributed by atoms with van der Waals surface area (Å²) in [5.41, 5.74) is 5.07. The predicted molar refractivity (Wildman–Crippen MR) is 43.2 cm³/mol. The van der Waals surface area contributed by atoms with Crippen molar-refractivity contribution in [2.45, 2.75) is 0 Å². The highest BCUT2D eigenvalue weighted by Crippen LogP contribution is 2.50. The molecule has 0 bridgehead atoms. The van der Waals surface area contributed by atoms with E-state index in [0.717, 1.165) is 13.1 Å². The van der Waals surface area contributed by atoms with Gasteiger partial charge in [-0.2, -0.15) is 0 Å². The number of aliphatic hydroxyl groups excluding tert-OH is 1.